The number of aromatic amines is 1. The highest BCUT2D eigenvalue weighted by Gasteiger charge is 2.24. The average molecular weight is 298 g/mol. The van der Waals surface area contributed by atoms with E-state index in [2.05, 4.69) is 10.1 Å². The number of H-pyrrole nitrogens is 1. The Kier molecular flexibility index (Phi) is 5.47. The number of carbonyl (C=O) groups excluding carboxylic acids is 1. The van der Waals surface area contributed by atoms with Gasteiger partial charge in [-0.05, 0) is 30.9 Å². The summed E-state index contributed by atoms with van der Waals surface area (Å²) in [5.74, 6) is -0.0874. The Hall–Kier alpha value is -1.49. The number of nitrogens with zero attached hydrogens (tertiary/aromatic N) is 1. The summed E-state index contributed by atoms with van der Waals surface area (Å²) < 4.78 is 0. The quantitative estimate of drug-likeness (QED) is 0.378. The average Bonchev–Trinajstić information content (AvgIpc) is 2.77. The van der Waals surface area contributed by atoms with Crippen LogP contribution in [0.5, 0.6) is 0 Å². The number of aryl methyl sites for hydroxylation is 1. The first-order valence-corrected chi connectivity index (χ1v) is 7.48. The molecule has 0 fully saturated rings. The Morgan fingerprint density at radius 2 is 2.40 bits per heavy atom. The summed E-state index contributed by atoms with van der Waals surface area (Å²) in [4.78, 5) is 19.8. The second kappa shape index (κ2) is 7.33. The van der Waals surface area contributed by atoms with Crippen molar-refractivity contribution < 1.29 is 9.63 Å². The van der Waals surface area contributed by atoms with E-state index >= 15 is 0 Å². The Labute approximate surface area is 123 Å². The maximum absolute atomic E-state index is 11.6. The Morgan fingerprint density at radius 3 is 3.15 bits per heavy atom. The summed E-state index contributed by atoms with van der Waals surface area (Å²) in [6.07, 6.45) is 6.68. The summed E-state index contributed by atoms with van der Waals surface area (Å²) in [5.41, 5.74) is 8.45. The third-order valence-electron chi connectivity index (χ3n) is 3.52. The molecule has 110 valence electrons. The lowest BCUT2D eigenvalue weighted by Crippen LogP contribution is -2.23. The van der Waals surface area contributed by atoms with Crippen LogP contribution in [0.25, 0.3) is 0 Å². The molecule has 1 aliphatic carbocycles. The van der Waals surface area contributed by atoms with Crippen molar-refractivity contribution in [2.24, 2.45) is 10.9 Å². The molecule has 0 spiro atoms. The second-order valence-corrected chi connectivity index (χ2v) is 5.35. The molecule has 0 radical (unpaired) electrons. The van der Waals surface area contributed by atoms with Gasteiger partial charge in [0.25, 0.3) is 0 Å². The first-order valence-electron chi connectivity index (χ1n) is 6.94. The molecule has 1 aromatic heterocycles. The predicted octanol–water partition coefficient (Wildman–Crippen LogP) is 2.29. The summed E-state index contributed by atoms with van der Waals surface area (Å²) in [6, 6.07) is 2.02. The number of aromatic nitrogens is 1. The van der Waals surface area contributed by atoms with Crippen LogP contribution in [-0.2, 0) is 16.1 Å². The molecule has 0 aliphatic heterocycles. The van der Waals surface area contributed by atoms with E-state index in [9.17, 15) is 4.79 Å². The van der Waals surface area contributed by atoms with Gasteiger partial charge in [-0.25, -0.2) is 0 Å². The third-order valence-corrected chi connectivity index (χ3v) is 3.67. The molecule has 1 atom stereocenters. The number of amides is 1. The van der Waals surface area contributed by atoms with E-state index in [4.69, 9.17) is 22.2 Å². The number of halogens is 1. The van der Waals surface area contributed by atoms with Crippen molar-refractivity contribution >= 4 is 23.7 Å². The molecular formula is C14H20ClN3O2. The summed E-state index contributed by atoms with van der Waals surface area (Å²) in [7, 11) is 0. The Morgan fingerprint density at radius 1 is 1.55 bits per heavy atom. The van der Waals surface area contributed by atoms with Gasteiger partial charge in [-0.15, -0.1) is 11.6 Å². The largest absolute Gasteiger partial charge is 0.394 e. The first-order chi connectivity index (χ1) is 9.72. The number of nitrogens with two attached hydrogens (primary N) is 1. The lowest BCUT2D eigenvalue weighted by Gasteiger charge is -2.17. The molecule has 0 saturated carbocycles. The summed E-state index contributed by atoms with van der Waals surface area (Å²) in [6.45, 7) is 0.377. The summed E-state index contributed by atoms with van der Waals surface area (Å²) >= 11 is 5.50. The van der Waals surface area contributed by atoms with Crippen molar-refractivity contribution in [3.05, 3.63) is 23.0 Å². The fourth-order valence-corrected chi connectivity index (χ4v) is 2.64. The van der Waals surface area contributed by atoms with E-state index < -0.39 is 0 Å². The summed E-state index contributed by atoms with van der Waals surface area (Å²) in [5, 5.41) is 3.83. The van der Waals surface area contributed by atoms with Crippen molar-refractivity contribution in [3.63, 3.8) is 0 Å². The molecule has 1 heterocycles. The fourth-order valence-electron chi connectivity index (χ4n) is 2.58. The van der Waals surface area contributed by atoms with Gasteiger partial charge in [-0.2, -0.15) is 0 Å². The molecule has 5 nitrogen and oxygen atoms in total. The predicted molar refractivity (Wildman–Crippen MR) is 79.2 cm³/mol. The van der Waals surface area contributed by atoms with Crippen LogP contribution < -0.4 is 5.73 Å². The molecule has 6 heteroatoms. The number of oxime groups is 1. The van der Waals surface area contributed by atoms with E-state index in [-0.39, 0.29) is 11.8 Å². The molecule has 1 unspecified atom stereocenters. The van der Waals surface area contributed by atoms with Gasteiger partial charge in [-0.3, -0.25) is 4.79 Å². The highest BCUT2D eigenvalue weighted by Crippen LogP contribution is 2.29. The number of hydrogen-bond acceptors (Lipinski definition) is 3. The van der Waals surface area contributed by atoms with Gasteiger partial charge >= 0.3 is 0 Å². The number of alkyl halides is 1. The zero-order chi connectivity index (χ0) is 14.4. The lowest BCUT2D eigenvalue weighted by molar-refractivity contribution is -0.119. The van der Waals surface area contributed by atoms with Gasteiger partial charge < -0.3 is 15.6 Å². The van der Waals surface area contributed by atoms with E-state index in [0.29, 0.717) is 12.5 Å². The van der Waals surface area contributed by atoms with Crippen LogP contribution in [0.15, 0.2) is 11.2 Å². The van der Waals surface area contributed by atoms with E-state index in [0.717, 1.165) is 49.1 Å². The molecule has 0 saturated heterocycles. The van der Waals surface area contributed by atoms with Crippen LogP contribution in [0.1, 0.15) is 48.6 Å². The van der Waals surface area contributed by atoms with Crippen molar-refractivity contribution in [2.45, 2.75) is 38.0 Å². The van der Waals surface area contributed by atoms with Crippen LogP contribution in [0.3, 0.4) is 0 Å². The second-order valence-electron chi connectivity index (χ2n) is 4.97. The fraction of sp³-hybridized carbons (Fsp3) is 0.571. The van der Waals surface area contributed by atoms with Gasteiger partial charge in [0, 0.05) is 5.69 Å². The number of rotatable bonds is 5. The molecule has 1 aromatic rings. The smallest absolute Gasteiger partial charge is 0.226 e. The van der Waals surface area contributed by atoms with Crippen LogP contribution in [0.2, 0.25) is 0 Å². The van der Waals surface area contributed by atoms with Gasteiger partial charge in [0.1, 0.15) is 6.61 Å². The standard InChI is InChI=1S/C14H20ClN3O2/c15-6-7-20-17-9-11-8-10-4-2-1-3-5-12(14(16)19)13(10)18-11/h8-9,12,18H,1-7H2,(H2,16,19)/b17-9-. The number of carbonyl (C=O) groups is 1. The lowest BCUT2D eigenvalue weighted by atomic mass is 9.90. The molecule has 3 N–H and O–H groups in total. The highest BCUT2D eigenvalue weighted by atomic mass is 35.5. The van der Waals surface area contributed by atoms with E-state index in [1.54, 1.807) is 6.21 Å². The van der Waals surface area contributed by atoms with E-state index in [1.165, 1.54) is 0 Å². The highest BCUT2D eigenvalue weighted by molar-refractivity contribution is 6.17. The normalized spacial score (nSPS) is 19.4. The Balaban J connectivity index is 2.18. The van der Waals surface area contributed by atoms with Crippen LogP contribution in [0, 0.1) is 0 Å². The molecule has 1 amide bonds. The number of primary amides is 1. The minimum absolute atomic E-state index is 0.226. The molecule has 0 aromatic carbocycles. The number of nitrogens with one attached hydrogen (secondary N) is 1. The van der Waals surface area contributed by atoms with Gasteiger partial charge in [-0.1, -0.05) is 18.0 Å². The van der Waals surface area contributed by atoms with Crippen LogP contribution >= 0.6 is 11.6 Å². The first kappa shape index (κ1) is 14.9. The topological polar surface area (TPSA) is 80.5 Å². The zero-order valence-corrected chi connectivity index (χ0v) is 12.2. The minimum Gasteiger partial charge on any atom is -0.394 e. The van der Waals surface area contributed by atoms with Crippen molar-refractivity contribution in [1.29, 1.82) is 0 Å². The molecule has 0 bridgehead atoms. The molecule has 1 aliphatic rings. The third kappa shape index (κ3) is 3.76. The van der Waals surface area contributed by atoms with E-state index in [1.807, 2.05) is 6.07 Å². The van der Waals surface area contributed by atoms with Crippen molar-refractivity contribution in [3.8, 4) is 0 Å². The number of fused-ring (bicyclic) bond motifs is 1. The minimum atomic E-state index is -0.267. The molecule has 20 heavy (non-hydrogen) atoms. The zero-order valence-electron chi connectivity index (χ0n) is 11.4. The van der Waals surface area contributed by atoms with Crippen LogP contribution in [0.4, 0.5) is 0 Å². The SMILES string of the molecule is NC(=O)C1CCCCCc2cc(/C=N\OCCCl)[nH]c21. The maximum atomic E-state index is 11.6. The van der Waals surface area contributed by atoms with Crippen LogP contribution in [-0.4, -0.2) is 29.6 Å². The molecular weight excluding hydrogens is 278 g/mol. The molecule has 2 rings (SSSR count). The van der Waals surface area contributed by atoms with Crippen molar-refractivity contribution in [1.82, 2.24) is 4.98 Å². The van der Waals surface area contributed by atoms with Gasteiger partial charge in [0.05, 0.1) is 23.7 Å². The maximum Gasteiger partial charge on any atom is 0.226 e. The number of hydrogen-bond donors (Lipinski definition) is 2. The van der Waals surface area contributed by atoms with Gasteiger partial charge in [0.2, 0.25) is 5.91 Å². The monoisotopic (exact) mass is 297 g/mol. The van der Waals surface area contributed by atoms with Gasteiger partial charge in [0.15, 0.2) is 0 Å². The Bertz CT molecular complexity index is 485. The van der Waals surface area contributed by atoms with Crippen molar-refractivity contribution in [2.75, 3.05) is 12.5 Å².